The van der Waals surface area contributed by atoms with Crippen molar-refractivity contribution in [2.75, 3.05) is 13.1 Å². The number of likely N-dealkylation sites (N-methyl/N-ethyl adjacent to an activating group) is 1. The fourth-order valence-electron chi connectivity index (χ4n) is 2.81. The van der Waals surface area contributed by atoms with Gasteiger partial charge in [0.25, 0.3) is 0 Å². The Labute approximate surface area is 126 Å². The van der Waals surface area contributed by atoms with Gasteiger partial charge in [-0.2, -0.15) is 0 Å². The average Bonchev–Trinajstić information content (AvgIpc) is 2.41. The van der Waals surface area contributed by atoms with Crippen LogP contribution in [0.25, 0.3) is 0 Å². The highest BCUT2D eigenvalue weighted by molar-refractivity contribution is 5.87. The van der Waals surface area contributed by atoms with Crippen LogP contribution in [-0.2, 0) is 9.59 Å². The fourth-order valence-corrected chi connectivity index (χ4v) is 2.81. The molecule has 0 aromatic heterocycles. The SMILES string of the molecule is CCCCN(CC)[C@@H]1C=C(C(=O)O)C[C@H](N)[C@H]1NC(C)=O. The summed E-state index contributed by atoms with van der Waals surface area (Å²) >= 11 is 0. The molecule has 1 rings (SSSR count). The van der Waals surface area contributed by atoms with E-state index in [9.17, 15) is 14.7 Å². The molecule has 0 aromatic carbocycles. The van der Waals surface area contributed by atoms with E-state index in [1.165, 1.54) is 6.92 Å². The summed E-state index contributed by atoms with van der Waals surface area (Å²) in [4.78, 5) is 24.9. The Morgan fingerprint density at radius 3 is 2.62 bits per heavy atom. The highest BCUT2D eigenvalue weighted by atomic mass is 16.4. The van der Waals surface area contributed by atoms with Gasteiger partial charge in [0.15, 0.2) is 0 Å². The number of carbonyl (C=O) groups is 2. The predicted octanol–water partition coefficient (Wildman–Crippen LogP) is 0.724. The topological polar surface area (TPSA) is 95.7 Å². The van der Waals surface area contributed by atoms with E-state index < -0.39 is 5.97 Å². The van der Waals surface area contributed by atoms with E-state index in [1.54, 1.807) is 6.08 Å². The molecule has 120 valence electrons. The number of nitrogens with two attached hydrogens (primary N) is 1. The van der Waals surface area contributed by atoms with Crippen LogP contribution < -0.4 is 11.1 Å². The molecule has 0 saturated heterocycles. The van der Waals surface area contributed by atoms with Crippen molar-refractivity contribution in [3.63, 3.8) is 0 Å². The smallest absolute Gasteiger partial charge is 0.331 e. The molecule has 3 atom stereocenters. The number of carboxylic acid groups (broad SMARTS) is 1. The maximum atomic E-state index is 11.4. The number of rotatable bonds is 7. The lowest BCUT2D eigenvalue weighted by Crippen LogP contribution is -2.60. The van der Waals surface area contributed by atoms with Crippen LogP contribution >= 0.6 is 0 Å². The van der Waals surface area contributed by atoms with Crippen LogP contribution in [0.5, 0.6) is 0 Å². The second kappa shape index (κ2) is 8.14. The number of aliphatic carboxylic acids is 1. The molecule has 0 radical (unpaired) electrons. The van der Waals surface area contributed by atoms with Crippen LogP contribution in [0.1, 0.15) is 40.0 Å². The molecule has 0 aromatic rings. The molecular weight excluding hydrogens is 270 g/mol. The van der Waals surface area contributed by atoms with Crippen molar-refractivity contribution in [1.82, 2.24) is 10.2 Å². The zero-order valence-electron chi connectivity index (χ0n) is 13.1. The van der Waals surface area contributed by atoms with E-state index in [-0.39, 0.29) is 30.5 Å². The molecule has 0 heterocycles. The number of amides is 1. The Hall–Kier alpha value is -1.40. The third kappa shape index (κ3) is 4.82. The Balaban J connectivity index is 3.04. The molecule has 0 fully saturated rings. The van der Waals surface area contributed by atoms with Gasteiger partial charge < -0.3 is 16.2 Å². The molecule has 6 nitrogen and oxygen atoms in total. The van der Waals surface area contributed by atoms with E-state index in [4.69, 9.17) is 5.73 Å². The molecule has 4 N–H and O–H groups in total. The van der Waals surface area contributed by atoms with Gasteiger partial charge in [0.05, 0.1) is 12.1 Å². The minimum absolute atomic E-state index is 0.140. The molecule has 0 aliphatic heterocycles. The first-order valence-electron chi connectivity index (χ1n) is 7.61. The summed E-state index contributed by atoms with van der Waals surface area (Å²) in [7, 11) is 0. The largest absolute Gasteiger partial charge is 0.478 e. The standard InChI is InChI=1S/C15H27N3O3/c1-4-6-7-18(5-2)13-9-11(15(20)21)8-12(16)14(13)17-10(3)19/h9,12-14H,4-8,16H2,1-3H3,(H,17,19)(H,20,21)/t12-,13+,14+/m0/s1. The van der Waals surface area contributed by atoms with Crippen molar-refractivity contribution in [3.05, 3.63) is 11.6 Å². The molecule has 0 spiro atoms. The highest BCUT2D eigenvalue weighted by Gasteiger charge is 2.36. The van der Waals surface area contributed by atoms with E-state index in [0.717, 1.165) is 25.9 Å². The van der Waals surface area contributed by atoms with Crippen LogP contribution in [0.4, 0.5) is 0 Å². The van der Waals surface area contributed by atoms with Crippen LogP contribution in [0.3, 0.4) is 0 Å². The van der Waals surface area contributed by atoms with E-state index in [1.807, 2.05) is 6.92 Å². The Morgan fingerprint density at radius 1 is 1.48 bits per heavy atom. The fraction of sp³-hybridized carbons (Fsp3) is 0.733. The Bertz CT molecular complexity index is 409. The number of unbranched alkanes of at least 4 members (excludes halogenated alkanes) is 1. The van der Waals surface area contributed by atoms with Gasteiger partial charge in [0, 0.05) is 18.5 Å². The third-order valence-corrected chi connectivity index (χ3v) is 3.93. The second-order valence-corrected chi connectivity index (χ2v) is 5.56. The lowest BCUT2D eigenvalue weighted by atomic mass is 9.86. The molecule has 0 unspecified atom stereocenters. The van der Waals surface area contributed by atoms with Gasteiger partial charge in [0.1, 0.15) is 0 Å². The van der Waals surface area contributed by atoms with Crippen LogP contribution in [-0.4, -0.2) is 53.1 Å². The molecular formula is C15H27N3O3. The second-order valence-electron chi connectivity index (χ2n) is 5.56. The van der Waals surface area contributed by atoms with Gasteiger partial charge in [0.2, 0.25) is 5.91 Å². The highest BCUT2D eigenvalue weighted by Crippen LogP contribution is 2.23. The van der Waals surface area contributed by atoms with Gasteiger partial charge in [-0.15, -0.1) is 0 Å². The van der Waals surface area contributed by atoms with Crippen LogP contribution in [0.2, 0.25) is 0 Å². The molecule has 1 aliphatic rings. The minimum atomic E-state index is -0.928. The first-order valence-corrected chi connectivity index (χ1v) is 7.61. The summed E-state index contributed by atoms with van der Waals surface area (Å²) in [5.74, 6) is -1.07. The van der Waals surface area contributed by atoms with Gasteiger partial charge in [-0.3, -0.25) is 9.69 Å². The zero-order valence-corrected chi connectivity index (χ0v) is 13.1. The van der Waals surface area contributed by atoms with Crippen LogP contribution in [0.15, 0.2) is 11.6 Å². The lowest BCUT2D eigenvalue weighted by molar-refractivity contribution is -0.133. The molecule has 1 amide bonds. The quantitative estimate of drug-likeness (QED) is 0.643. The molecule has 21 heavy (non-hydrogen) atoms. The van der Waals surface area contributed by atoms with Gasteiger partial charge >= 0.3 is 5.97 Å². The zero-order chi connectivity index (χ0) is 16.0. The summed E-state index contributed by atoms with van der Waals surface area (Å²) in [6.45, 7) is 7.27. The van der Waals surface area contributed by atoms with Crippen LogP contribution in [0, 0.1) is 0 Å². The summed E-state index contributed by atoms with van der Waals surface area (Å²) in [6.07, 6.45) is 4.13. The van der Waals surface area contributed by atoms with E-state index in [0.29, 0.717) is 5.57 Å². The minimum Gasteiger partial charge on any atom is -0.478 e. The van der Waals surface area contributed by atoms with Gasteiger partial charge in [-0.25, -0.2) is 4.79 Å². The van der Waals surface area contributed by atoms with Crippen molar-refractivity contribution in [3.8, 4) is 0 Å². The van der Waals surface area contributed by atoms with E-state index in [2.05, 4.69) is 17.1 Å². The van der Waals surface area contributed by atoms with Gasteiger partial charge in [-0.1, -0.05) is 26.3 Å². The van der Waals surface area contributed by atoms with Gasteiger partial charge in [-0.05, 0) is 25.9 Å². The number of hydrogen-bond acceptors (Lipinski definition) is 4. The van der Waals surface area contributed by atoms with Crippen molar-refractivity contribution >= 4 is 11.9 Å². The molecule has 0 saturated carbocycles. The van der Waals surface area contributed by atoms with Crippen molar-refractivity contribution in [1.29, 1.82) is 0 Å². The monoisotopic (exact) mass is 297 g/mol. The number of nitrogens with one attached hydrogen (secondary N) is 1. The molecule has 1 aliphatic carbocycles. The van der Waals surface area contributed by atoms with E-state index >= 15 is 0 Å². The lowest BCUT2D eigenvalue weighted by Gasteiger charge is -2.41. The van der Waals surface area contributed by atoms with Crippen molar-refractivity contribution < 1.29 is 14.7 Å². The summed E-state index contributed by atoms with van der Waals surface area (Å²) in [6, 6.07) is -0.798. The first kappa shape index (κ1) is 17.7. The number of carbonyl (C=O) groups excluding carboxylic acids is 1. The predicted molar refractivity (Wildman–Crippen MR) is 81.9 cm³/mol. The normalized spacial score (nSPS) is 25.6. The molecule has 0 bridgehead atoms. The Morgan fingerprint density at radius 2 is 2.14 bits per heavy atom. The van der Waals surface area contributed by atoms with Crippen molar-refractivity contribution in [2.24, 2.45) is 5.73 Å². The number of hydrogen-bond donors (Lipinski definition) is 3. The maximum absolute atomic E-state index is 11.4. The first-order chi connectivity index (χ1) is 9.90. The van der Waals surface area contributed by atoms with Crippen molar-refractivity contribution in [2.45, 2.75) is 58.2 Å². The Kier molecular flexibility index (Phi) is 6.84. The third-order valence-electron chi connectivity index (χ3n) is 3.93. The average molecular weight is 297 g/mol. The number of carboxylic acids is 1. The molecule has 6 heteroatoms. The maximum Gasteiger partial charge on any atom is 0.331 e. The summed E-state index contributed by atoms with van der Waals surface area (Å²) in [5, 5.41) is 12.1. The number of nitrogens with zero attached hydrogens (tertiary/aromatic N) is 1. The summed E-state index contributed by atoms with van der Waals surface area (Å²) in [5.41, 5.74) is 6.46. The summed E-state index contributed by atoms with van der Waals surface area (Å²) < 4.78 is 0.